The van der Waals surface area contributed by atoms with E-state index in [1.54, 1.807) is 0 Å². The summed E-state index contributed by atoms with van der Waals surface area (Å²) in [6, 6.07) is 8.75. The van der Waals surface area contributed by atoms with Crippen LogP contribution in [0.5, 0.6) is 5.75 Å². The molecule has 2 saturated heterocycles. The smallest absolute Gasteiger partial charge is 0.119 e. The van der Waals surface area contributed by atoms with Crippen molar-refractivity contribution in [3.05, 3.63) is 29.8 Å². The topological polar surface area (TPSA) is 15.7 Å². The molecule has 2 fully saturated rings. The number of nitrogens with zero attached hydrogens (tertiary/aromatic N) is 2. The van der Waals surface area contributed by atoms with Crippen LogP contribution in [-0.2, 0) is 6.54 Å². The molecule has 3 heteroatoms. The highest BCUT2D eigenvalue weighted by atomic mass is 16.5. The third-order valence-corrected chi connectivity index (χ3v) is 5.15. The predicted octanol–water partition coefficient (Wildman–Crippen LogP) is 3.93. The van der Waals surface area contributed by atoms with E-state index < -0.39 is 0 Å². The van der Waals surface area contributed by atoms with E-state index in [0.717, 1.165) is 25.4 Å². The normalized spacial score (nSPS) is 21.0. The third kappa shape index (κ3) is 5.82. The van der Waals surface area contributed by atoms with Crippen molar-refractivity contribution in [1.29, 1.82) is 0 Å². The first-order chi connectivity index (χ1) is 11.4. The lowest BCUT2D eigenvalue weighted by atomic mass is 10.1. The Bertz CT molecular complexity index is 431. The largest absolute Gasteiger partial charge is 0.492 e. The molecule has 0 atom stereocenters. The molecule has 1 aromatic carbocycles. The third-order valence-electron chi connectivity index (χ3n) is 5.15. The second kappa shape index (κ2) is 9.29. The highest BCUT2D eigenvalue weighted by Crippen LogP contribution is 2.17. The number of rotatable bonds is 6. The van der Waals surface area contributed by atoms with Gasteiger partial charge in [-0.05, 0) is 69.6 Å². The molecule has 2 aliphatic heterocycles. The lowest BCUT2D eigenvalue weighted by molar-refractivity contribution is 0.213. The minimum atomic E-state index is 0.811. The van der Waals surface area contributed by atoms with Crippen molar-refractivity contribution < 1.29 is 4.74 Å². The summed E-state index contributed by atoms with van der Waals surface area (Å²) in [6.45, 7) is 7.98. The lowest BCUT2D eigenvalue weighted by Crippen LogP contribution is -2.29. The summed E-state index contributed by atoms with van der Waals surface area (Å²) in [5.41, 5.74) is 1.41. The van der Waals surface area contributed by atoms with Crippen molar-refractivity contribution >= 4 is 0 Å². The first kappa shape index (κ1) is 16.8. The summed E-state index contributed by atoms with van der Waals surface area (Å²) in [7, 11) is 0. The van der Waals surface area contributed by atoms with E-state index in [2.05, 4.69) is 34.1 Å². The maximum Gasteiger partial charge on any atom is 0.119 e. The van der Waals surface area contributed by atoms with Gasteiger partial charge in [-0.25, -0.2) is 0 Å². The summed E-state index contributed by atoms with van der Waals surface area (Å²) >= 11 is 0. The Hall–Kier alpha value is -1.06. The van der Waals surface area contributed by atoms with Gasteiger partial charge in [0.15, 0.2) is 0 Å². The molecule has 0 aromatic heterocycles. The van der Waals surface area contributed by atoms with Gasteiger partial charge in [-0.15, -0.1) is 0 Å². The number of piperidine rings is 1. The summed E-state index contributed by atoms with van der Waals surface area (Å²) in [5.74, 6) is 1.02. The second-order valence-electron chi connectivity index (χ2n) is 7.09. The molecular formula is C20H32N2O. The molecule has 2 heterocycles. The van der Waals surface area contributed by atoms with Gasteiger partial charge in [0.1, 0.15) is 12.4 Å². The molecule has 3 nitrogen and oxygen atoms in total. The Morgan fingerprint density at radius 3 is 1.91 bits per heavy atom. The zero-order valence-electron chi connectivity index (χ0n) is 14.5. The molecule has 0 amide bonds. The van der Waals surface area contributed by atoms with Gasteiger partial charge in [0.25, 0.3) is 0 Å². The zero-order valence-corrected chi connectivity index (χ0v) is 14.5. The molecule has 2 aliphatic rings. The highest BCUT2D eigenvalue weighted by molar-refractivity contribution is 5.27. The van der Waals surface area contributed by atoms with Crippen LogP contribution < -0.4 is 4.74 Å². The van der Waals surface area contributed by atoms with E-state index in [1.807, 2.05) is 0 Å². The van der Waals surface area contributed by atoms with Gasteiger partial charge >= 0.3 is 0 Å². The molecule has 0 radical (unpaired) electrons. The number of ether oxygens (including phenoxy) is 1. The summed E-state index contributed by atoms with van der Waals surface area (Å²) in [4.78, 5) is 5.12. The molecule has 3 rings (SSSR count). The standard InChI is InChI=1S/C20H32N2O/c1-2-5-13-21(12-4-1)16-17-23-20-10-8-19(9-11-20)18-22-14-6-3-7-15-22/h8-11H,1-7,12-18H2. The Morgan fingerprint density at radius 1 is 0.696 bits per heavy atom. The van der Waals surface area contributed by atoms with Crippen molar-refractivity contribution in [1.82, 2.24) is 9.80 Å². The average molecular weight is 316 g/mol. The second-order valence-corrected chi connectivity index (χ2v) is 7.09. The van der Waals surface area contributed by atoms with E-state index in [4.69, 9.17) is 4.74 Å². The molecule has 128 valence electrons. The molecular weight excluding hydrogens is 284 g/mol. The first-order valence-corrected chi connectivity index (χ1v) is 9.57. The van der Waals surface area contributed by atoms with E-state index >= 15 is 0 Å². The van der Waals surface area contributed by atoms with Crippen LogP contribution in [0.1, 0.15) is 50.5 Å². The maximum atomic E-state index is 5.94. The van der Waals surface area contributed by atoms with Gasteiger partial charge in [-0.2, -0.15) is 0 Å². The van der Waals surface area contributed by atoms with Gasteiger partial charge in [0.2, 0.25) is 0 Å². The van der Waals surface area contributed by atoms with Gasteiger partial charge in [0, 0.05) is 13.1 Å². The monoisotopic (exact) mass is 316 g/mol. The molecule has 0 N–H and O–H groups in total. The Labute approximate surface area is 141 Å². The van der Waals surface area contributed by atoms with Crippen LogP contribution >= 0.6 is 0 Å². The van der Waals surface area contributed by atoms with Gasteiger partial charge < -0.3 is 4.74 Å². The molecule has 0 aliphatic carbocycles. The number of hydrogen-bond acceptors (Lipinski definition) is 3. The van der Waals surface area contributed by atoms with Crippen molar-refractivity contribution in [2.75, 3.05) is 39.3 Å². The van der Waals surface area contributed by atoms with Crippen LogP contribution in [0.4, 0.5) is 0 Å². The number of hydrogen-bond donors (Lipinski definition) is 0. The highest BCUT2D eigenvalue weighted by Gasteiger charge is 2.11. The van der Waals surface area contributed by atoms with Crippen molar-refractivity contribution in [3.63, 3.8) is 0 Å². The van der Waals surface area contributed by atoms with Crippen LogP contribution in [0.25, 0.3) is 0 Å². The molecule has 0 bridgehead atoms. The van der Waals surface area contributed by atoms with Crippen LogP contribution in [-0.4, -0.2) is 49.1 Å². The molecule has 1 aromatic rings. The van der Waals surface area contributed by atoms with Crippen LogP contribution in [0, 0.1) is 0 Å². The fourth-order valence-corrected chi connectivity index (χ4v) is 3.72. The van der Waals surface area contributed by atoms with Crippen LogP contribution in [0.3, 0.4) is 0 Å². The van der Waals surface area contributed by atoms with Crippen molar-refractivity contribution in [2.24, 2.45) is 0 Å². The van der Waals surface area contributed by atoms with E-state index in [1.165, 1.54) is 76.7 Å². The van der Waals surface area contributed by atoms with Crippen molar-refractivity contribution in [2.45, 2.75) is 51.5 Å². The SMILES string of the molecule is c1cc(OCCN2CCCCCC2)ccc1CN1CCCCC1. The van der Waals surface area contributed by atoms with Crippen LogP contribution in [0.2, 0.25) is 0 Å². The Morgan fingerprint density at radius 2 is 1.26 bits per heavy atom. The van der Waals surface area contributed by atoms with Gasteiger partial charge in [-0.3, -0.25) is 9.80 Å². The Kier molecular flexibility index (Phi) is 6.78. The molecule has 23 heavy (non-hydrogen) atoms. The molecule has 0 saturated carbocycles. The summed E-state index contributed by atoms with van der Waals surface area (Å²) < 4.78 is 5.94. The van der Waals surface area contributed by atoms with Crippen LogP contribution in [0.15, 0.2) is 24.3 Å². The summed E-state index contributed by atoms with van der Waals surface area (Å²) in [5, 5.41) is 0. The lowest BCUT2D eigenvalue weighted by Gasteiger charge is -2.26. The van der Waals surface area contributed by atoms with E-state index in [9.17, 15) is 0 Å². The average Bonchev–Trinajstić information content (AvgIpc) is 2.86. The van der Waals surface area contributed by atoms with Gasteiger partial charge in [0.05, 0.1) is 0 Å². The minimum Gasteiger partial charge on any atom is -0.492 e. The fraction of sp³-hybridized carbons (Fsp3) is 0.700. The predicted molar refractivity (Wildman–Crippen MR) is 96.0 cm³/mol. The van der Waals surface area contributed by atoms with Gasteiger partial charge in [-0.1, -0.05) is 31.4 Å². The first-order valence-electron chi connectivity index (χ1n) is 9.57. The van der Waals surface area contributed by atoms with E-state index in [0.29, 0.717) is 0 Å². The Balaban J connectivity index is 1.38. The molecule has 0 unspecified atom stereocenters. The fourth-order valence-electron chi connectivity index (χ4n) is 3.72. The molecule has 0 spiro atoms. The van der Waals surface area contributed by atoms with E-state index in [-0.39, 0.29) is 0 Å². The quantitative estimate of drug-likeness (QED) is 0.791. The zero-order chi connectivity index (χ0) is 15.7. The number of likely N-dealkylation sites (tertiary alicyclic amines) is 2. The maximum absolute atomic E-state index is 5.94. The van der Waals surface area contributed by atoms with Crippen molar-refractivity contribution in [3.8, 4) is 5.75 Å². The number of benzene rings is 1. The summed E-state index contributed by atoms with van der Waals surface area (Å²) in [6.07, 6.45) is 9.62. The minimum absolute atomic E-state index is 0.811.